The van der Waals surface area contributed by atoms with Crippen LogP contribution >= 0.6 is 0 Å². The zero-order chi connectivity index (χ0) is 19.8. The topological polar surface area (TPSA) is 102 Å². The van der Waals surface area contributed by atoms with E-state index in [1.165, 1.54) is 13.3 Å². The van der Waals surface area contributed by atoms with Crippen LogP contribution in [0.3, 0.4) is 0 Å². The van der Waals surface area contributed by atoms with Gasteiger partial charge in [0.1, 0.15) is 0 Å². The molecule has 2 unspecified atom stereocenters. The second-order valence-corrected chi connectivity index (χ2v) is 8.20. The summed E-state index contributed by atoms with van der Waals surface area (Å²) in [5, 5.41) is 4.99. The number of hydrogen-bond acceptors (Lipinski definition) is 5. The van der Waals surface area contributed by atoms with E-state index in [-0.39, 0.29) is 11.6 Å². The van der Waals surface area contributed by atoms with Crippen LogP contribution in [-0.4, -0.2) is 40.5 Å². The van der Waals surface area contributed by atoms with Crippen molar-refractivity contribution in [2.24, 2.45) is 0 Å². The Balaban J connectivity index is 1.84. The summed E-state index contributed by atoms with van der Waals surface area (Å²) in [6, 6.07) is 6.10. The van der Waals surface area contributed by atoms with E-state index in [1.807, 2.05) is 0 Å². The number of nitrogens with one attached hydrogen (secondary N) is 2. The Hall–Kier alpha value is -2.22. The highest BCUT2D eigenvalue weighted by atomic mass is 32.2. The van der Waals surface area contributed by atoms with Gasteiger partial charge in [0.15, 0.2) is 6.10 Å². The average Bonchev–Trinajstić information content (AvgIpc) is 2.62. The smallest absolute Gasteiger partial charge is 0.338 e. The lowest BCUT2D eigenvalue weighted by atomic mass is 9.96. The third-order valence-corrected chi connectivity index (χ3v) is 5.10. The summed E-state index contributed by atoms with van der Waals surface area (Å²) in [5.41, 5.74) is 1.01. The maximum absolute atomic E-state index is 12.2. The molecule has 1 aromatic rings. The molecule has 0 aliphatic heterocycles. The first-order valence-electron chi connectivity index (χ1n) is 9.06. The Morgan fingerprint density at radius 2 is 1.93 bits per heavy atom. The maximum Gasteiger partial charge on any atom is 0.338 e. The van der Waals surface area contributed by atoms with Crippen molar-refractivity contribution >= 4 is 28.7 Å². The number of rotatable bonds is 6. The Bertz CT molecular complexity index is 716. The normalized spacial score (nSPS) is 16.8. The zero-order valence-corrected chi connectivity index (χ0v) is 16.5. The van der Waals surface area contributed by atoms with Gasteiger partial charge in [-0.2, -0.15) is 0 Å². The number of carbonyl (C=O) groups excluding carboxylic acids is 3. The summed E-state index contributed by atoms with van der Waals surface area (Å²) < 4.78 is 16.5. The molecular weight excluding hydrogens is 368 g/mol. The predicted molar refractivity (Wildman–Crippen MR) is 103 cm³/mol. The van der Waals surface area contributed by atoms with Crippen LogP contribution in [0.25, 0.3) is 0 Å². The third kappa shape index (κ3) is 7.13. The van der Waals surface area contributed by atoms with Crippen molar-refractivity contribution in [2.45, 2.75) is 56.9 Å². The number of carbonyl (C=O) groups is 3. The number of urea groups is 1. The maximum atomic E-state index is 12.2. The van der Waals surface area contributed by atoms with E-state index in [2.05, 4.69) is 10.6 Å². The highest BCUT2D eigenvalue weighted by molar-refractivity contribution is 7.83. The van der Waals surface area contributed by atoms with Crippen molar-refractivity contribution in [2.75, 3.05) is 6.26 Å². The number of imide groups is 1. The lowest BCUT2D eigenvalue weighted by Gasteiger charge is -2.23. The van der Waals surface area contributed by atoms with Crippen LogP contribution in [0.15, 0.2) is 24.3 Å². The second kappa shape index (κ2) is 10.2. The minimum absolute atomic E-state index is 0.0799. The molecule has 27 heavy (non-hydrogen) atoms. The van der Waals surface area contributed by atoms with Gasteiger partial charge in [0, 0.05) is 28.9 Å². The molecular formula is C19H26N2O5S. The van der Waals surface area contributed by atoms with Gasteiger partial charge in [-0.1, -0.05) is 31.4 Å². The molecule has 1 fully saturated rings. The second-order valence-electron chi connectivity index (χ2n) is 6.76. The fourth-order valence-electron chi connectivity index (χ4n) is 2.99. The van der Waals surface area contributed by atoms with E-state index in [4.69, 9.17) is 4.74 Å². The molecule has 1 aliphatic rings. The van der Waals surface area contributed by atoms with Gasteiger partial charge in [0.05, 0.1) is 5.56 Å². The molecule has 2 N–H and O–H groups in total. The van der Waals surface area contributed by atoms with Crippen molar-refractivity contribution in [3.05, 3.63) is 35.4 Å². The fraction of sp³-hybridized carbons (Fsp3) is 0.526. The van der Waals surface area contributed by atoms with Gasteiger partial charge in [-0.3, -0.25) is 14.3 Å². The average molecular weight is 394 g/mol. The van der Waals surface area contributed by atoms with Crippen LogP contribution in [0.4, 0.5) is 4.79 Å². The van der Waals surface area contributed by atoms with Crippen molar-refractivity contribution in [1.29, 1.82) is 0 Å². The van der Waals surface area contributed by atoms with Crippen LogP contribution in [-0.2, 0) is 26.1 Å². The van der Waals surface area contributed by atoms with Crippen LogP contribution in [0.5, 0.6) is 0 Å². The SMILES string of the molecule is CC(OC(=O)c1cccc(CS(C)=O)c1)C(=O)NC(=O)NC1CCCCC1. The standard InChI is InChI=1S/C19H26N2O5S/c1-13(17(22)21-19(24)20-16-9-4-3-5-10-16)26-18(23)15-8-6-7-14(11-15)12-27(2)25/h6-8,11,13,16H,3-5,9-10,12H2,1-2H3,(H2,20,21,22,24). The van der Waals surface area contributed by atoms with E-state index < -0.39 is 34.8 Å². The fourth-order valence-corrected chi connectivity index (χ4v) is 3.64. The van der Waals surface area contributed by atoms with Crippen molar-refractivity contribution in [3.63, 3.8) is 0 Å². The van der Waals surface area contributed by atoms with Crippen molar-refractivity contribution in [3.8, 4) is 0 Å². The van der Waals surface area contributed by atoms with Crippen LogP contribution in [0, 0.1) is 0 Å². The van der Waals surface area contributed by atoms with E-state index in [0.717, 1.165) is 31.2 Å². The molecule has 1 aliphatic carbocycles. The van der Waals surface area contributed by atoms with Gasteiger partial charge in [0.2, 0.25) is 0 Å². The summed E-state index contributed by atoms with van der Waals surface area (Å²) >= 11 is 0. The zero-order valence-electron chi connectivity index (χ0n) is 15.7. The molecule has 2 atom stereocenters. The van der Waals surface area contributed by atoms with Crippen LogP contribution in [0.2, 0.25) is 0 Å². The molecule has 8 heteroatoms. The molecule has 2 rings (SSSR count). The van der Waals surface area contributed by atoms with Crippen molar-refractivity contribution in [1.82, 2.24) is 10.6 Å². The molecule has 148 valence electrons. The molecule has 0 bridgehead atoms. The van der Waals surface area contributed by atoms with E-state index in [9.17, 15) is 18.6 Å². The minimum atomic E-state index is -1.11. The molecule has 1 aromatic carbocycles. The number of benzene rings is 1. The van der Waals surface area contributed by atoms with E-state index in [0.29, 0.717) is 5.75 Å². The Labute approximate surface area is 161 Å². The first-order valence-corrected chi connectivity index (χ1v) is 10.8. The Kier molecular flexibility index (Phi) is 7.97. The highest BCUT2D eigenvalue weighted by Gasteiger charge is 2.22. The first kappa shape index (κ1) is 21.1. The number of amides is 3. The van der Waals surface area contributed by atoms with Crippen LogP contribution < -0.4 is 10.6 Å². The molecule has 0 radical (unpaired) electrons. The summed E-state index contributed by atoms with van der Waals surface area (Å²) in [4.78, 5) is 36.2. The molecule has 0 spiro atoms. The summed E-state index contributed by atoms with van der Waals surface area (Å²) in [7, 11) is -1.03. The van der Waals surface area contributed by atoms with Gasteiger partial charge in [0.25, 0.3) is 5.91 Å². The molecule has 0 heterocycles. The van der Waals surface area contributed by atoms with Gasteiger partial charge < -0.3 is 10.1 Å². The van der Waals surface area contributed by atoms with Crippen molar-refractivity contribution < 1.29 is 23.3 Å². The largest absolute Gasteiger partial charge is 0.449 e. The van der Waals surface area contributed by atoms with Gasteiger partial charge >= 0.3 is 12.0 Å². The van der Waals surface area contributed by atoms with E-state index >= 15 is 0 Å². The quantitative estimate of drug-likeness (QED) is 0.721. The molecule has 0 aromatic heterocycles. The van der Waals surface area contributed by atoms with E-state index in [1.54, 1.807) is 30.5 Å². The Morgan fingerprint density at radius 1 is 1.22 bits per heavy atom. The highest BCUT2D eigenvalue weighted by Crippen LogP contribution is 2.17. The number of hydrogen-bond donors (Lipinski definition) is 2. The molecule has 0 saturated heterocycles. The number of ether oxygens (including phenoxy) is 1. The summed E-state index contributed by atoms with van der Waals surface area (Å²) in [6.45, 7) is 1.41. The first-order chi connectivity index (χ1) is 12.8. The van der Waals surface area contributed by atoms with Gasteiger partial charge in [-0.05, 0) is 37.5 Å². The lowest BCUT2D eigenvalue weighted by molar-refractivity contribution is -0.127. The van der Waals surface area contributed by atoms with Crippen LogP contribution in [0.1, 0.15) is 54.9 Å². The summed E-state index contributed by atoms with van der Waals surface area (Å²) in [6.07, 6.45) is 5.58. The summed E-state index contributed by atoms with van der Waals surface area (Å²) in [5.74, 6) is -1.02. The van der Waals surface area contributed by atoms with Gasteiger partial charge in [-0.25, -0.2) is 9.59 Å². The number of esters is 1. The molecule has 7 nitrogen and oxygen atoms in total. The van der Waals surface area contributed by atoms with Gasteiger partial charge in [-0.15, -0.1) is 0 Å². The monoisotopic (exact) mass is 394 g/mol. The lowest BCUT2D eigenvalue weighted by Crippen LogP contribution is -2.48. The minimum Gasteiger partial charge on any atom is -0.449 e. The third-order valence-electron chi connectivity index (χ3n) is 4.36. The predicted octanol–water partition coefficient (Wildman–Crippen LogP) is 2.27. The molecule has 1 saturated carbocycles. The Morgan fingerprint density at radius 3 is 2.59 bits per heavy atom. The molecule has 3 amide bonds.